The van der Waals surface area contributed by atoms with Gasteiger partial charge in [-0.15, -0.1) is 16.4 Å². The first-order valence-electron chi connectivity index (χ1n) is 11.7. The minimum Gasteiger partial charge on any atom is -0.441 e. The molecule has 0 atom stereocenters. The fraction of sp³-hybridized carbons (Fsp3) is 0.179. The van der Waals surface area contributed by atoms with Crippen LogP contribution in [-0.4, -0.2) is 22.7 Å². The van der Waals surface area contributed by atoms with Gasteiger partial charge in [-0.2, -0.15) is 0 Å². The smallest absolute Gasteiger partial charge is 0.265 e. The van der Waals surface area contributed by atoms with Crippen LogP contribution in [0.5, 0.6) is 5.75 Å². The topological polar surface area (TPSA) is 83.0 Å². The molecular formula is C28H27ClN4O3S. The largest absolute Gasteiger partial charge is 0.441 e. The molecule has 2 heterocycles. The number of halogens is 1. The Bertz CT molecular complexity index is 1410. The summed E-state index contributed by atoms with van der Waals surface area (Å²) in [5.74, 6) is 0.665. The molecule has 0 spiro atoms. The van der Waals surface area contributed by atoms with Gasteiger partial charge in [0, 0.05) is 46.4 Å². The number of carbonyl (C=O) groups excluding carboxylic acids is 2. The first kappa shape index (κ1) is 26.2. The highest BCUT2D eigenvalue weighted by Crippen LogP contribution is 2.25. The van der Waals surface area contributed by atoms with Crippen molar-refractivity contribution in [2.75, 3.05) is 5.32 Å². The number of amides is 2. The van der Waals surface area contributed by atoms with E-state index in [1.165, 1.54) is 11.3 Å². The van der Waals surface area contributed by atoms with Crippen LogP contribution in [0.1, 0.15) is 52.3 Å². The summed E-state index contributed by atoms with van der Waals surface area (Å²) in [6.45, 7) is 5.69. The Labute approximate surface area is 225 Å². The number of ether oxygens (including phenoxy) is 1. The number of hydrazone groups is 1. The number of nitrogens with one attached hydrogen (secondary N) is 2. The summed E-state index contributed by atoms with van der Waals surface area (Å²) in [7, 11) is 0. The molecule has 37 heavy (non-hydrogen) atoms. The van der Waals surface area contributed by atoms with Gasteiger partial charge in [0.25, 0.3) is 11.8 Å². The second kappa shape index (κ2) is 11.9. The van der Waals surface area contributed by atoms with Crippen molar-refractivity contribution >= 4 is 46.3 Å². The van der Waals surface area contributed by atoms with E-state index >= 15 is 0 Å². The normalized spacial score (nSPS) is 14.8. The average molecular weight is 535 g/mol. The van der Waals surface area contributed by atoms with Crippen molar-refractivity contribution in [3.63, 3.8) is 0 Å². The molecule has 0 unspecified atom stereocenters. The Morgan fingerprint density at radius 3 is 2.65 bits per heavy atom. The highest BCUT2D eigenvalue weighted by atomic mass is 35.5. The number of thiophene rings is 1. The molecule has 190 valence electrons. The van der Waals surface area contributed by atoms with Crippen molar-refractivity contribution < 1.29 is 14.3 Å². The number of hydrogen-bond acceptors (Lipinski definition) is 6. The number of hydrogen-bond donors (Lipinski definition) is 2. The molecule has 0 bridgehead atoms. The first-order valence-corrected chi connectivity index (χ1v) is 13.0. The lowest BCUT2D eigenvalue weighted by Gasteiger charge is -2.25. The monoisotopic (exact) mass is 534 g/mol. The van der Waals surface area contributed by atoms with Gasteiger partial charge >= 0.3 is 0 Å². The lowest BCUT2D eigenvalue weighted by atomic mass is 10.2. The Hall–Kier alpha value is -3.88. The molecule has 3 aromatic rings. The lowest BCUT2D eigenvalue weighted by Crippen LogP contribution is -2.26. The van der Waals surface area contributed by atoms with E-state index < -0.39 is 0 Å². The van der Waals surface area contributed by atoms with Gasteiger partial charge in [0.05, 0.1) is 4.88 Å². The number of allylic oxidation sites excluding steroid dienone is 3. The van der Waals surface area contributed by atoms with Crippen LogP contribution in [-0.2, 0) is 0 Å². The van der Waals surface area contributed by atoms with Gasteiger partial charge in [0.15, 0.2) is 0 Å². The van der Waals surface area contributed by atoms with E-state index in [9.17, 15) is 9.59 Å². The SMILES string of the molecule is CC=C1CCC(Oc2cccc(NC(=O)c3cccc(Cl)c3)c2)=NN1/C=C(\C)NC(=O)c1sccc1C. The molecule has 1 aliphatic rings. The van der Waals surface area contributed by atoms with Gasteiger partial charge in [0.1, 0.15) is 5.75 Å². The molecule has 0 saturated heterocycles. The van der Waals surface area contributed by atoms with Crippen LogP contribution < -0.4 is 15.4 Å². The number of anilines is 1. The third kappa shape index (κ3) is 6.87. The molecule has 0 fully saturated rings. The van der Waals surface area contributed by atoms with E-state index in [4.69, 9.17) is 16.3 Å². The van der Waals surface area contributed by atoms with Gasteiger partial charge in [-0.3, -0.25) is 9.59 Å². The first-order chi connectivity index (χ1) is 17.8. The van der Waals surface area contributed by atoms with E-state index in [0.29, 0.717) is 44.9 Å². The molecule has 0 saturated carbocycles. The molecule has 2 amide bonds. The summed E-state index contributed by atoms with van der Waals surface area (Å²) in [6.07, 6.45) is 5.10. The summed E-state index contributed by atoms with van der Waals surface area (Å²) in [4.78, 5) is 25.8. The number of carbonyl (C=O) groups is 2. The van der Waals surface area contributed by atoms with Crippen LogP contribution in [0.25, 0.3) is 0 Å². The summed E-state index contributed by atoms with van der Waals surface area (Å²) >= 11 is 7.41. The van der Waals surface area contributed by atoms with Crippen LogP contribution in [0.3, 0.4) is 0 Å². The van der Waals surface area contributed by atoms with Gasteiger partial charge in [0.2, 0.25) is 5.90 Å². The van der Waals surface area contributed by atoms with E-state index in [1.54, 1.807) is 59.7 Å². The maximum atomic E-state index is 12.6. The van der Waals surface area contributed by atoms with E-state index in [1.807, 2.05) is 38.3 Å². The average Bonchev–Trinajstić information content (AvgIpc) is 3.30. The van der Waals surface area contributed by atoms with Crippen molar-refractivity contribution in [3.05, 3.63) is 105 Å². The minimum atomic E-state index is -0.265. The molecule has 7 nitrogen and oxygen atoms in total. The number of rotatable bonds is 6. The summed E-state index contributed by atoms with van der Waals surface area (Å²) < 4.78 is 6.06. The molecule has 9 heteroatoms. The second-order valence-electron chi connectivity index (χ2n) is 8.41. The van der Waals surface area contributed by atoms with E-state index in [2.05, 4.69) is 15.7 Å². The molecule has 2 aromatic carbocycles. The van der Waals surface area contributed by atoms with Crippen LogP contribution in [0.15, 0.2) is 88.7 Å². The number of aryl methyl sites for hydroxylation is 1. The Morgan fingerprint density at radius 1 is 1.11 bits per heavy atom. The maximum Gasteiger partial charge on any atom is 0.265 e. The second-order valence-corrected chi connectivity index (χ2v) is 9.76. The quantitative estimate of drug-likeness (QED) is 0.358. The van der Waals surface area contributed by atoms with Crippen LogP contribution in [0.2, 0.25) is 5.02 Å². The van der Waals surface area contributed by atoms with Gasteiger partial charge in [-0.05, 0) is 74.5 Å². The fourth-order valence-corrected chi connectivity index (χ4v) is 4.72. The minimum absolute atomic E-state index is 0.141. The molecular weight excluding hydrogens is 508 g/mol. The van der Waals surface area contributed by atoms with Gasteiger partial charge < -0.3 is 15.4 Å². The van der Waals surface area contributed by atoms with E-state index in [0.717, 1.165) is 17.7 Å². The van der Waals surface area contributed by atoms with Crippen LogP contribution in [0, 0.1) is 6.92 Å². The maximum absolute atomic E-state index is 12.6. The highest BCUT2D eigenvalue weighted by Gasteiger charge is 2.18. The zero-order valence-electron chi connectivity index (χ0n) is 20.7. The molecule has 1 aromatic heterocycles. The van der Waals surface area contributed by atoms with Gasteiger partial charge in [-0.1, -0.05) is 29.8 Å². The molecule has 2 N–H and O–H groups in total. The zero-order chi connectivity index (χ0) is 26.4. The Morgan fingerprint density at radius 2 is 1.92 bits per heavy atom. The lowest BCUT2D eigenvalue weighted by molar-refractivity contribution is 0.0967. The third-order valence-electron chi connectivity index (χ3n) is 5.55. The number of benzene rings is 2. The predicted molar refractivity (Wildman–Crippen MR) is 149 cm³/mol. The standard InChI is InChI=1S/C28H27ClN4O3S/c1-4-23-11-12-25(32-33(23)17-19(3)30-28(35)26-18(2)13-14-37-26)36-24-10-6-9-22(16-24)31-27(34)20-7-5-8-21(29)15-20/h4-10,13-17H,11-12H2,1-3H3,(H,30,35)(H,31,34)/b19-17+,23-4?. The van der Waals surface area contributed by atoms with Crippen molar-refractivity contribution in [1.29, 1.82) is 0 Å². The fourth-order valence-electron chi connectivity index (χ4n) is 3.71. The van der Waals surface area contributed by atoms with Crippen LogP contribution >= 0.6 is 22.9 Å². The van der Waals surface area contributed by atoms with Crippen molar-refractivity contribution in [3.8, 4) is 5.75 Å². The third-order valence-corrected chi connectivity index (χ3v) is 6.80. The Kier molecular flexibility index (Phi) is 8.43. The molecule has 1 aliphatic heterocycles. The van der Waals surface area contributed by atoms with Crippen molar-refractivity contribution in [1.82, 2.24) is 10.3 Å². The summed E-state index contributed by atoms with van der Waals surface area (Å²) in [5.41, 5.74) is 3.66. The van der Waals surface area contributed by atoms with Gasteiger partial charge in [-0.25, -0.2) is 5.01 Å². The van der Waals surface area contributed by atoms with Crippen molar-refractivity contribution in [2.24, 2.45) is 5.10 Å². The van der Waals surface area contributed by atoms with Crippen LogP contribution in [0.4, 0.5) is 5.69 Å². The highest BCUT2D eigenvalue weighted by molar-refractivity contribution is 7.12. The zero-order valence-corrected chi connectivity index (χ0v) is 22.3. The molecule has 4 rings (SSSR count). The predicted octanol–water partition coefficient (Wildman–Crippen LogP) is 6.95. The number of nitrogens with zero attached hydrogens (tertiary/aromatic N) is 2. The van der Waals surface area contributed by atoms with Crippen molar-refractivity contribution in [2.45, 2.75) is 33.6 Å². The Balaban J connectivity index is 1.46. The summed E-state index contributed by atoms with van der Waals surface area (Å²) in [5, 5.41) is 14.5. The summed E-state index contributed by atoms with van der Waals surface area (Å²) in [6, 6.07) is 15.8. The molecule has 0 radical (unpaired) electrons. The van der Waals surface area contributed by atoms with E-state index in [-0.39, 0.29) is 11.8 Å². The molecule has 0 aliphatic carbocycles.